The van der Waals surface area contributed by atoms with Crippen molar-refractivity contribution in [2.75, 3.05) is 14.2 Å². The van der Waals surface area contributed by atoms with E-state index in [0.717, 1.165) is 17.6 Å². The molecule has 0 spiro atoms. The number of nitriles is 1. The Morgan fingerprint density at radius 3 is 2.46 bits per heavy atom. The standard InChI is InChI=1S/C18H18N2O4/c1-22-11-6-10(7-12(8-11)23-2)16-13-4-3-5-15(21)17(13)24-18(20)14(16)9-19/h6-8,16H,3-5,20H2,1-2H3/t16-/m1/s1. The highest BCUT2D eigenvalue weighted by atomic mass is 16.5. The van der Waals surface area contributed by atoms with Crippen LogP contribution < -0.4 is 15.2 Å². The van der Waals surface area contributed by atoms with Crippen molar-refractivity contribution in [2.45, 2.75) is 25.2 Å². The molecule has 3 rings (SSSR count). The van der Waals surface area contributed by atoms with Gasteiger partial charge in [0.1, 0.15) is 23.1 Å². The van der Waals surface area contributed by atoms with E-state index in [0.29, 0.717) is 29.9 Å². The van der Waals surface area contributed by atoms with Crippen LogP contribution in [-0.2, 0) is 9.53 Å². The molecule has 0 saturated carbocycles. The maximum atomic E-state index is 12.2. The van der Waals surface area contributed by atoms with E-state index in [9.17, 15) is 10.1 Å². The van der Waals surface area contributed by atoms with E-state index >= 15 is 0 Å². The lowest BCUT2D eigenvalue weighted by molar-refractivity contribution is -0.119. The summed E-state index contributed by atoms with van der Waals surface area (Å²) in [7, 11) is 3.12. The number of nitrogens with zero attached hydrogens (tertiary/aromatic N) is 1. The van der Waals surface area contributed by atoms with Gasteiger partial charge in [0.25, 0.3) is 0 Å². The first-order chi connectivity index (χ1) is 11.6. The molecule has 0 amide bonds. The van der Waals surface area contributed by atoms with Crippen LogP contribution in [0.3, 0.4) is 0 Å². The average Bonchev–Trinajstić information content (AvgIpc) is 2.60. The molecule has 1 aromatic carbocycles. The summed E-state index contributed by atoms with van der Waals surface area (Å²) in [4.78, 5) is 12.2. The summed E-state index contributed by atoms with van der Waals surface area (Å²) < 4.78 is 16.1. The first-order valence-corrected chi connectivity index (χ1v) is 7.65. The normalized spacial score (nSPS) is 20.2. The molecular weight excluding hydrogens is 308 g/mol. The third-order valence-electron chi connectivity index (χ3n) is 4.34. The number of carbonyl (C=O) groups excluding carboxylic acids is 1. The molecule has 0 bridgehead atoms. The fourth-order valence-electron chi connectivity index (χ4n) is 3.21. The monoisotopic (exact) mass is 326 g/mol. The lowest BCUT2D eigenvalue weighted by Crippen LogP contribution is -2.26. The van der Waals surface area contributed by atoms with Crippen LogP contribution in [-0.4, -0.2) is 20.0 Å². The number of hydrogen-bond donors (Lipinski definition) is 1. The SMILES string of the molecule is COc1cc(OC)cc([C@H]2C(C#N)=C(N)OC3=C2CCCC3=O)c1. The van der Waals surface area contributed by atoms with Crippen LogP contribution in [0.25, 0.3) is 0 Å². The van der Waals surface area contributed by atoms with Gasteiger partial charge in [-0.25, -0.2) is 0 Å². The molecule has 0 unspecified atom stereocenters. The highest BCUT2D eigenvalue weighted by Gasteiger charge is 2.37. The van der Waals surface area contributed by atoms with Gasteiger partial charge in [-0.3, -0.25) is 4.79 Å². The van der Waals surface area contributed by atoms with Gasteiger partial charge < -0.3 is 19.9 Å². The molecule has 1 aliphatic heterocycles. The van der Waals surface area contributed by atoms with E-state index in [1.807, 2.05) is 12.1 Å². The van der Waals surface area contributed by atoms with Crippen LogP contribution in [0, 0.1) is 11.3 Å². The van der Waals surface area contributed by atoms with Crippen LogP contribution in [0.5, 0.6) is 11.5 Å². The summed E-state index contributed by atoms with van der Waals surface area (Å²) in [5, 5.41) is 9.56. The number of allylic oxidation sites excluding steroid dienone is 3. The van der Waals surface area contributed by atoms with E-state index in [1.165, 1.54) is 0 Å². The quantitative estimate of drug-likeness (QED) is 0.917. The Hall–Kier alpha value is -2.94. The van der Waals surface area contributed by atoms with E-state index < -0.39 is 5.92 Å². The summed E-state index contributed by atoms with van der Waals surface area (Å²) in [6.45, 7) is 0. The number of methoxy groups -OCH3 is 2. The third kappa shape index (κ3) is 2.58. The van der Waals surface area contributed by atoms with Crippen LogP contribution in [0.4, 0.5) is 0 Å². The van der Waals surface area contributed by atoms with E-state index in [4.69, 9.17) is 19.9 Å². The number of nitrogens with two attached hydrogens (primary N) is 1. The molecule has 2 N–H and O–H groups in total. The van der Waals surface area contributed by atoms with Gasteiger partial charge in [-0.1, -0.05) is 0 Å². The van der Waals surface area contributed by atoms with Gasteiger partial charge in [-0.05, 0) is 36.1 Å². The number of Topliss-reactive ketones (excluding diaryl/α,β-unsaturated/α-hetero) is 1. The van der Waals surface area contributed by atoms with Crippen LogP contribution >= 0.6 is 0 Å². The van der Waals surface area contributed by atoms with Crippen LogP contribution in [0.1, 0.15) is 30.7 Å². The average molecular weight is 326 g/mol. The predicted molar refractivity (Wildman–Crippen MR) is 86.1 cm³/mol. The second-order valence-electron chi connectivity index (χ2n) is 5.70. The fraction of sp³-hybridized carbons (Fsp3) is 0.333. The Morgan fingerprint density at radius 2 is 1.88 bits per heavy atom. The lowest BCUT2D eigenvalue weighted by Gasteiger charge is -2.31. The van der Waals surface area contributed by atoms with Gasteiger partial charge in [0.2, 0.25) is 5.88 Å². The molecule has 0 saturated heterocycles. The minimum atomic E-state index is -0.424. The molecule has 6 heteroatoms. The summed E-state index contributed by atoms with van der Waals surface area (Å²) >= 11 is 0. The van der Waals surface area contributed by atoms with Gasteiger partial charge in [-0.15, -0.1) is 0 Å². The molecule has 2 aliphatic rings. The number of carbonyl (C=O) groups is 1. The molecule has 0 radical (unpaired) electrons. The molecular formula is C18H18N2O4. The molecule has 24 heavy (non-hydrogen) atoms. The maximum Gasteiger partial charge on any atom is 0.205 e. The van der Waals surface area contributed by atoms with E-state index in [2.05, 4.69) is 6.07 Å². The number of hydrogen-bond acceptors (Lipinski definition) is 6. The molecule has 1 heterocycles. The van der Waals surface area contributed by atoms with Crippen molar-refractivity contribution in [3.8, 4) is 17.6 Å². The number of benzene rings is 1. The van der Waals surface area contributed by atoms with Gasteiger partial charge in [0, 0.05) is 18.4 Å². The van der Waals surface area contributed by atoms with Crippen molar-refractivity contribution in [2.24, 2.45) is 5.73 Å². The molecule has 124 valence electrons. The number of ether oxygens (including phenoxy) is 3. The van der Waals surface area contributed by atoms with Crippen molar-refractivity contribution >= 4 is 5.78 Å². The zero-order valence-corrected chi connectivity index (χ0v) is 13.6. The van der Waals surface area contributed by atoms with Crippen molar-refractivity contribution in [1.29, 1.82) is 5.26 Å². The predicted octanol–water partition coefficient (Wildman–Crippen LogP) is 2.52. The Balaban J connectivity index is 2.20. The first kappa shape index (κ1) is 15.9. The second-order valence-corrected chi connectivity index (χ2v) is 5.70. The lowest BCUT2D eigenvalue weighted by atomic mass is 9.78. The molecule has 1 aromatic rings. The highest BCUT2D eigenvalue weighted by Crippen LogP contribution is 2.45. The minimum absolute atomic E-state index is 0.0155. The Morgan fingerprint density at radius 1 is 1.21 bits per heavy atom. The van der Waals surface area contributed by atoms with Crippen molar-refractivity contribution in [3.63, 3.8) is 0 Å². The van der Waals surface area contributed by atoms with Crippen LogP contribution in [0.15, 0.2) is 41.0 Å². The van der Waals surface area contributed by atoms with Crippen molar-refractivity contribution < 1.29 is 19.0 Å². The zero-order chi connectivity index (χ0) is 17.3. The van der Waals surface area contributed by atoms with E-state index in [1.54, 1.807) is 20.3 Å². The Kier molecular flexibility index (Phi) is 4.17. The summed E-state index contributed by atoms with van der Waals surface area (Å²) in [5.74, 6) is 0.984. The van der Waals surface area contributed by atoms with Crippen molar-refractivity contribution in [3.05, 3.63) is 46.6 Å². The summed E-state index contributed by atoms with van der Waals surface area (Å²) in [6, 6.07) is 7.53. The molecule has 1 aliphatic carbocycles. The van der Waals surface area contributed by atoms with Gasteiger partial charge in [0.05, 0.1) is 14.2 Å². The second kappa shape index (κ2) is 6.28. The van der Waals surface area contributed by atoms with Crippen molar-refractivity contribution in [1.82, 2.24) is 0 Å². The first-order valence-electron chi connectivity index (χ1n) is 7.65. The number of ketones is 1. The summed E-state index contributed by atoms with van der Waals surface area (Å²) in [5.41, 5.74) is 7.80. The van der Waals surface area contributed by atoms with E-state index in [-0.39, 0.29) is 17.4 Å². The molecule has 6 nitrogen and oxygen atoms in total. The van der Waals surface area contributed by atoms with Gasteiger partial charge in [0.15, 0.2) is 11.5 Å². The van der Waals surface area contributed by atoms with Gasteiger partial charge in [-0.2, -0.15) is 5.26 Å². The molecule has 0 aromatic heterocycles. The van der Waals surface area contributed by atoms with Crippen LogP contribution in [0.2, 0.25) is 0 Å². The zero-order valence-electron chi connectivity index (χ0n) is 13.6. The fourth-order valence-corrected chi connectivity index (χ4v) is 3.21. The third-order valence-corrected chi connectivity index (χ3v) is 4.34. The highest BCUT2D eigenvalue weighted by molar-refractivity contribution is 5.96. The largest absolute Gasteiger partial charge is 0.497 e. The Bertz CT molecular complexity index is 779. The Labute approximate surface area is 140 Å². The smallest absolute Gasteiger partial charge is 0.205 e. The number of rotatable bonds is 3. The molecule has 0 fully saturated rings. The maximum absolute atomic E-state index is 12.2. The minimum Gasteiger partial charge on any atom is -0.497 e. The molecule has 1 atom stereocenters. The summed E-state index contributed by atoms with van der Waals surface area (Å²) in [6.07, 6.45) is 1.85. The topological polar surface area (TPSA) is 94.6 Å². The van der Waals surface area contributed by atoms with Gasteiger partial charge >= 0.3 is 0 Å².